The highest BCUT2D eigenvalue weighted by Crippen LogP contribution is 2.27. The number of benzene rings is 1. The van der Waals surface area contributed by atoms with Gasteiger partial charge in [-0.25, -0.2) is 0 Å². The quantitative estimate of drug-likeness (QED) is 0.786. The van der Waals surface area contributed by atoms with Gasteiger partial charge in [-0.1, -0.05) is 12.1 Å². The predicted octanol–water partition coefficient (Wildman–Crippen LogP) is 0.269. The number of carbonyl (C=O) groups is 2. The molecule has 1 aromatic carbocycles. The van der Waals surface area contributed by atoms with Crippen molar-refractivity contribution in [1.29, 1.82) is 0 Å². The van der Waals surface area contributed by atoms with Crippen LogP contribution in [0.1, 0.15) is 17.2 Å². The number of hydrogen-bond donors (Lipinski definition) is 2. The first-order valence-electron chi connectivity index (χ1n) is 5.37. The first-order valence-corrected chi connectivity index (χ1v) is 5.37. The smallest absolute Gasteiger partial charge is 0.239 e. The van der Waals surface area contributed by atoms with Gasteiger partial charge in [0.2, 0.25) is 11.8 Å². The maximum atomic E-state index is 11.4. The first-order chi connectivity index (χ1) is 7.99. The second-order valence-corrected chi connectivity index (χ2v) is 4.41. The summed E-state index contributed by atoms with van der Waals surface area (Å²) in [7, 11) is 3.60. The van der Waals surface area contributed by atoms with Gasteiger partial charge in [0.1, 0.15) is 6.04 Å². The maximum absolute atomic E-state index is 11.4. The number of hydrogen-bond acceptors (Lipinski definition) is 3. The van der Waals surface area contributed by atoms with Gasteiger partial charge >= 0.3 is 0 Å². The van der Waals surface area contributed by atoms with E-state index in [1.54, 1.807) is 19.0 Å². The minimum atomic E-state index is -0.462. The summed E-state index contributed by atoms with van der Waals surface area (Å²) in [4.78, 5) is 24.4. The van der Waals surface area contributed by atoms with Crippen molar-refractivity contribution in [3.05, 3.63) is 29.3 Å². The number of likely N-dealkylation sites (N-methyl/N-ethyl adjacent to an activating group) is 1. The van der Waals surface area contributed by atoms with Gasteiger partial charge in [0, 0.05) is 5.69 Å². The fraction of sp³-hybridized carbons (Fsp3) is 0.333. The standard InChI is InChI=1S/C12H15N3O2/c1-15(2)11(12(13)17)7-3-4-9-8(5-7)6-10(16)14-9/h3-5,11H,6H2,1-2H3,(H2,13,17)(H,14,16). The molecule has 17 heavy (non-hydrogen) atoms. The molecule has 5 heteroatoms. The molecule has 90 valence electrons. The molecule has 2 rings (SSSR count). The van der Waals surface area contributed by atoms with Crippen LogP contribution in [-0.4, -0.2) is 30.8 Å². The zero-order valence-corrected chi connectivity index (χ0v) is 9.86. The molecule has 0 fully saturated rings. The summed E-state index contributed by atoms with van der Waals surface area (Å²) < 4.78 is 0. The number of amides is 2. The lowest BCUT2D eigenvalue weighted by molar-refractivity contribution is -0.122. The highest BCUT2D eigenvalue weighted by atomic mass is 16.2. The molecule has 1 atom stereocenters. The summed E-state index contributed by atoms with van der Waals surface area (Å²) in [6.45, 7) is 0. The van der Waals surface area contributed by atoms with Crippen molar-refractivity contribution in [2.24, 2.45) is 5.73 Å². The number of nitrogens with zero attached hydrogens (tertiary/aromatic N) is 1. The summed E-state index contributed by atoms with van der Waals surface area (Å²) >= 11 is 0. The van der Waals surface area contributed by atoms with E-state index in [1.807, 2.05) is 18.2 Å². The molecular weight excluding hydrogens is 218 g/mol. The lowest BCUT2D eigenvalue weighted by Gasteiger charge is -2.21. The van der Waals surface area contributed by atoms with Crippen LogP contribution >= 0.6 is 0 Å². The van der Waals surface area contributed by atoms with Gasteiger partial charge in [-0.05, 0) is 31.3 Å². The fourth-order valence-electron chi connectivity index (χ4n) is 2.14. The molecule has 1 aliphatic heterocycles. The molecule has 0 aliphatic carbocycles. The third-order valence-electron chi connectivity index (χ3n) is 2.86. The molecular formula is C12H15N3O2. The van der Waals surface area contributed by atoms with Crippen molar-refractivity contribution in [2.45, 2.75) is 12.5 Å². The highest BCUT2D eigenvalue weighted by molar-refractivity contribution is 5.99. The molecule has 1 unspecified atom stereocenters. The van der Waals surface area contributed by atoms with Crippen LogP contribution in [0.4, 0.5) is 5.69 Å². The number of fused-ring (bicyclic) bond motifs is 1. The number of primary amides is 1. The average Bonchev–Trinajstić information content (AvgIpc) is 2.56. The Balaban J connectivity index is 2.37. The van der Waals surface area contributed by atoms with Crippen LogP contribution in [0.2, 0.25) is 0 Å². The largest absolute Gasteiger partial charge is 0.368 e. The van der Waals surface area contributed by atoms with Crippen molar-refractivity contribution >= 4 is 17.5 Å². The van der Waals surface area contributed by atoms with E-state index in [0.29, 0.717) is 6.42 Å². The number of nitrogens with one attached hydrogen (secondary N) is 1. The van der Waals surface area contributed by atoms with E-state index in [0.717, 1.165) is 16.8 Å². The molecule has 1 heterocycles. The Kier molecular flexibility index (Phi) is 2.85. The number of nitrogens with two attached hydrogens (primary N) is 1. The van der Waals surface area contributed by atoms with Gasteiger partial charge in [-0.3, -0.25) is 14.5 Å². The van der Waals surface area contributed by atoms with Crippen LogP contribution < -0.4 is 11.1 Å². The summed E-state index contributed by atoms with van der Waals surface area (Å²) in [6, 6.07) is 5.04. The molecule has 0 bridgehead atoms. The van der Waals surface area contributed by atoms with Crippen molar-refractivity contribution in [3.63, 3.8) is 0 Å². The highest BCUT2D eigenvalue weighted by Gasteiger charge is 2.23. The fourth-order valence-corrected chi connectivity index (χ4v) is 2.14. The van der Waals surface area contributed by atoms with Crippen LogP contribution in [0.3, 0.4) is 0 Å². The van der Waals surface area contributed by atoms with Crippen LogP contribution in [0.25, 0.3) is 0 Å². The number of anilines is 1. The molecule has 0 spiro atoms. The third-order valence-corrected chi connectivity index (χ3v) is 2.86. The van der Waals surface area contributed by atoms with Crippen molar-refractivity contribution in [1.82, 2.24) is 4.90 Å². The molecule has 2 amide bonds. The zero-order chi connectivity index (χ0) is 12.6. The summed E-state index contributed by atoms with van der Waals surface area (Å²) in [5.74, 6) is -0.412. The summed E-state index contributed by atoms with van der Waals surface area (Å²) in [5, 5.41) is 2.75. The lowest BCUT2D eigenvalue weighted by atomic mass is 10.0. The van der Waals surface area contributed by atoms with E-state index < -0.39 is 11.9 Å². The Labute approximate surface area is 99.6 Å². The van der Waals surface area contributed by atoms with Gasteiger partial charge in [0.15, 0.2) is 0 Å². The van der Waals surface area contributed by atoms with E-state index in [9.17, 15) is 9.59 Å². The van der Waals surface area contributed by atoms with Gasteiger partial charge < -0.3 is 11.1 Å². The summed E-state index contributed by atoms with van der Waals surface area (Å²) in [6.07, 6.45) is 0.363. The molecule has 0 aromatic heterocycles. The Bertz CT molecular complexity index is 483. The van der Waals surface area contributed by atoms with Crippen molar-refractivity contribution in [2.75, 3.05) is 19.4 Å². The molecule has 5 nitrogen and oxygen atoms in total. The Morgan fingerprint density at radius 2 is 2.18 bits per heavy atom. The van der Waals surface area contributed by atoms with E-state index in [-0.39, 0.29) is 5.91 Å². The molecule has 3 N–H and O–H groups in total. The van der Waals surface area contributed by atoms with E-state index in [2.05, 4.69) is 5.32 Å². The van der Waals surface area contributed by atoms with Crippen LogP contribution in [0.15, 0.2) is 18.2 Å². The Morgan fingerprint density at radius 1 is 1.47 bits per heavy atom. The second kappa shape index (κ2) is 4.18. The molecule has 0 radical (unpaired) electrons. The number of carbonyl (C=O) groups excluding carboxylic acids is 2. The normalized spacial score (nSPS) is 15.6. The topological polar surface area (TPSA) is 75.4 Å². The molecule has 0 saturated carbocycles. The van der Waals surface area contributed by atoms with Crippen molar-refractivity contribution in [3.8, 4) is 0 Å². The molecule has 0 saturated heterocycles. The lowest BCUT2D eigenvalue weighted by Crippen LogP contribution is -2.32. The van der Waals surface area contributed by atoms with Crippen molar-refractivity contribution < 1.29 is 9.59 Å². The first kappa shape index (κ1) is 11.6. The van der Waals surface area contributed by atoms with Crippen LogP contribution in [0, 0.1) is 0 Å². The monoisotopic (exact) mass is 233 g/mol. The summed E-state index contributed by atoms with van der Waals surface area (Å²) in [5.41, 5.74) is 7.93. The van der Waals surface area contributed by atoms with Gasteiger partial charge in [0.25, 0.3) is 0 Å². The molecule has 1 aliphatic rings. The Morgan fingerprint density at radius 3 is 2.76 bits per heavy atom. The second-order valence-electron chi connectivity index (χ2n) is 4.41. The van der Waals surface area contributed by atoms with E-state index >= 15 is 0 Å². The predicted molar refractivity (Wildman–Crippen MR) is 64.4 cm³/mol. The van der Waals surface area contributed by atoms with Gasteiger partial charge in [0.05, 0.1) is 6.42 Å². The molecule has 1 aromatic rings. The minimum absolute atomic E-state index is 0.0161. The van der Waals surface area contributed by atoms with Gasteiger partial charge in [-0.15, -0.1) is 0 Å². The maximum Gasteiger partial charge on any atom is 0.239 e. The van der Waals surface area contributed by atoms with Crippen LogP contribution in [-0.2, 0) is 16.0 Å². The van der Waals surface area contributed by atoms with E-state index in [1.165, 1.54) is 0 Å². The Hall–Kier alpha value is -1.88. The third kappa shape index (κ3) is 2.14. The minimum Gasteiger partial charge on any atom is -0.368 e. The van der Waals surface area contributed by atoms with Crippen LogP contribution in [0.5, 0.6) is 0 Å². The average molecular weight is 233 g/mol. The van der Waals surface area contributed by atoms with Gasteiger partial charge in [-0.2, -0.15) is 0 Å². The SMILES string of the molecule is CN(C)C(C(N)=O)c1ccc2c(c1)CC(=O)N2. The number of rotatable bonds is 3. The zero-order valence-electron chi connectivity index (χ0n) is 9.86. The van der Waals surface area contributed by atoms with E-state index in [4.69, 9.17) is 5.73 Å².